The van der Waals surface area contributed by atoms with Crippen LogP contribution in [0, 0.1) is 6.33 Å². The van der Waals surface area contributed by atoms with Gasteiger partial charge in [0.1, 0.15) is 0 Å². The first-order valence-corrected chi connectivity index (χ1v) is 15.0. The number of aryl methyl sites for hydroxylation is 1. The molecule has 4 heterocycles. The Kier molecular flexibility index (Phi) is 5.29. The summed E-state index contributed by atoms with van der Waals surface area (Å²) in [5, 5.41) is 2.52. The van der Waals surface area contributed by atoms with E-state index >= 15 is 0 Å². The third kappa shape index (κ3) is 3.39. The molecule has 4 nitrogen and oxygen atoms in total. The van der Waals surface area contributed by atoms with Crippen molar-refractivity contribution in [1.82, 2.24) is 14.1 Å². The molecule has 5 aromatic carbocycles. The van der Waals surface area contributed by atoms with Crippen LogP contribution >= 0.6 is 0 Å². The van der Waals surface area contributed by atoms with Crippen molar-refractivity contribution in [2.45, 2.75) is 5.41 Å². The number of hydrogen-bond acceptors (Lipinski definition) is 1. The molecule has 4 heteroatoms. The van der Waals surface area contributed by atoms with Gasteiger partial charge < -0.3 is 13.7 Å². The molecule has 1 aliphatic rings. The lowest BCUT2D eigenvalue weighted by atomic mass is 9.62. The highest BCUT2D eigenvalue weighted by Gasteiger charge is 2.45. The Balaban J connectivity index is 1.48. The van der Waals surface area contributed by atoms with E-state index in [2.05, 4.69) is 149 Å². The minimum absolute atomic E-state index is 0.601. The summed E-state index contributed by atoms with van der Waals surface area (Å²) in [6.45, 7) is 0. The van der Waals surface area contributed by atoms with Crippen molar-refractivity contribution in [3.63, 3.8) is 0 Å². The number of fused-ring (bicyclic) bond motifs is 5. The predicted molar refractivity (Wildman–Crippen MR) is 175 cm³/mol. The minimum atomic E-state index is -0.601. The summed E-state index contributed by atoms with van der Waals surface area (Å²) in [6.07, 6.45) is 9.35. The molecule has 0 saturated heterocycles. The molecule has 1 atom stereocenters. The summed E-state index contributed by atoms with van der Waals surface area (Å²) < 4.78 is 6.49. The Bertz CT molecular complexity index is 2350. The number of pyridine rings is 1. The van der Waals surface area contributed by atoms with Crippen molar-refractivity contribution >= 4 is 21.8 Å². The van der Waals surface area contributed by atoms with Crippen molar-refractivity contribution in [1.29, 1.82) is 0 Å². The third-order valence-corrected chi connectivity index (χ3v) is 9.17. The van der Waals surface area contributed by atoms with Crippen LogP contribution in [0.5, 0.6) is 0 Å². The smallest absolute Gasteiger partial charge is 0.243 e. The number of nitrogens with zero attached hydrogens (tertiary/aromatic N) is 4. The zero-order chi connectivity index (χ0) is 29.3. The molecule has 0 spiro atoms. The first-order chi connectivity index (χ1) is 21.7. The largest absolute Gasteiger partial charge is 0.326 e. The molecule has 0 saturated carbocycles. The van der Waals surface area contributed by atoms with E-state index in [1.807, 2.05) is 30.1 Å². The average molecular weight is 565 g/mol. The predicted octanol–water partition coefficient (Wildman–Crippen LogP) is 7.96. The van der Waals surface area contributed by atoms with E-state index in [9.17, 15) is 0 Å². The Morgan fingerprint density at radius 3 is 2.32 bits per heavy atom. The second kappa shape index (κ2) is 9.38. The van der Waals surface area contributed by atoms with E-state index in [4.69, 9.17) is 4.98 Å². The lowest BCUT2D eigenvalue weighted by Gasteiger charge is -2.42. The van der Waals surface area contributed by atoms with Crippen LogP contribution in [0.2, 0.25) is 0 Å². The van der Waals surface area contributed by atoms with E-state index in [0.29, 0.717) is 0 Å². The second-order valence-electron chi connectivity index (χ2n) is 11.5. The van der Waals surface area contributed by atoms with Gasteiger partial charge in [0.2, 0.25) is 6.33 Å². The summed E-state index contributed by atoms with van der Waals surface area (Å²) in [6, 6.07) is 48.5. The molecule has 8 aromatic rings. The molecule has 0 fully saturated rings. The lowest BCUT2D eigenvalue weighted by Crippen LogP contribution is -2.35. The van der Waals surface area contributed by atoms with Crippen molar-refractivity contribution in [2.75, 3.05) is 0 Å². The minimum Gasteiger partial charge on any atom is -0.326 e. The summed E-state index contributed by atoms with van der Waals surface area (Å²) in [4.78, 5) is 4.75. The maximum atomic E-state index is 4.75. The van der Waals surface area contributed by atoms with Gasteiger partial charge in [0.05, 0.1) is 40.6 Å². The molecule has 1 unspecified atom stereocenters. The second-order valence-corrected chi connectivity index (χ2v) is 11.5. The Morgan fingerprint density at radius 1 is 0.682 bits per heavy atom. The monoisotopic (exact) mass is 564 g/mol. The molecule has 0 N–H and O–H groups in total. The fourth-order valence-electron chi connectivity index (χ4n) is 7.35. The van der Waals surface area contributed by atoms with Gasteiger partial charge in [-0.2, -0.15) is 0 Å². The summed E-state index contributed by atoms with van der Waals surface area (Å²) >= 11 is 0. The van der Waals surface area contributed by atoms with Crippen molar-refractivity contribution in [3.8, 4) is 22.6 Å². The van der Waals surface area contributed by atoms with Gasteiger partial charge in [-0.05, 0) is 52.6 Å². The molecule has 3 aromatic heterocycles. The van der Waals surface area contributed by atoms with Gasteiger partial charge in [-0.15, -0.1) is 0 Å². The highest BCUT2D eigenvalue weighted by molar-refractivity contribution is 6.12. The highest BCUT2D eigenvalue weighted by atomic mass is 15.1. The normalized spacial score (nSPS) is 15.5. The molecular formula is C40H28N4. The fourth-order valence-corrected chi connectivity index (χ4v) is 7.35. The topological polar surface area (TPSA) is 26.6 Å². The highest BCUT2D eigenvalue weighted by Crippen LogP contribution is 2.54. The van der Waals surface area contributed by atoms with E-state index in [1.54, 1.807) is 0 Å². The van der Waals surface area contributed by atoms with Crippen LogP contribution in [0.15, 0.2) is 152 Å². The molecule has 1 aliphatic heterocycles. The molecule has 0 aliphatic carbocycles. The van der Waals surface area contributed by atoms with E-state index in [1.165, 1.54) is 49.7 Å². The standard InChI is InChI=1S/C40H28N4/c1-42-23-24-43(27-42)31-14-9-13-30(26-31)40(29-11-3-2-4-12-29)34-17-10-16-33-32-15-5-6-19-37(32)44(39(33)34)38-21-20-28(25-35(38)40)36-18-7-8-22-41-36/h2-26H,1H3. The Labute approximate surface area is 255 Å². The van der Waals surface area contributed by atoms with Gasteiger partial charge in [0.15, 0.2) is 0 Å². The maximum Gasteiger partial charge on any atom is 0.243 e. The van der Waals surface area contributed by atoms with Crippen LogP contribution in [0.25, 0.3) is 44.4 Å². The fraction of sp³-hybridized carbons (Fsp3) is 0.0500. The maximum absolute atomic E-state index is 4.75. The van der Waals surface area contributed by atoms with Gasteiger partial charge >= 0.3 is 0 Å². The van der Waals surface area contributed by atoms with E-state index < -0.39 is 5.41 Å². The number of rotatable bonds is 4. The van der Waals surface area contributed by atoms with Crippen LogP contribution in [0.4, 0.5) is 0 Å². The first-order valence-electron chi connectivity index (χ1n) is 15.0. The van der Waals surface area contributed by atoms with Crippen molar-refractivity contribution in [2.24, 2.45) is 7.05 Å². The van der Waals surface area contributed by atoms with E-state index in [0.717, 1.165) is 16.9 Å². The Morgan fingerprint density at radius 2 is 1.48 bits per heavy atom. The zero-order valence-corrected chi connectivity index (χ0v) is 24.2. The van der Waals surface area contributed by atoms with Crippen LogP contribution in [0.1, 0.15) is 22.3 Å². The number of para-hydroxylation sites is 2. The molecule has 208 valence electrons. The average Bonchev–Trinajstić information content (AvgIpc) is 3.68. The lowest BCUT2D eigenvalue weighted by molar-refractivity contribution is -0.674. The number of imidazole rings is 1. The summed E-state index contributed by atoms with van der Waals surface area (Å²) in [5.74, 6) is 0. The molecule has 0 bridgehead atoms. The van der Waals surface area contributed by atoms with Crippen molar-refractivity contribution in [3.05, 3.63) is 181 Å². The molecule has 9 rings (SSSR count). The van der Waals surface area contributed by atoms with Crippen LogP contribution in [-0.2, 0) is 12.5 Å². The summed E-state index contributed by atoms with van der Waals surface area (Å²) in [5.41, 5.74) is 11.1. The third-order valence-electron chi connectivity index (χ3n) is 9.17. The van der Waals surface area contributed by atoms with Gasteiger partial charge in [-0.1, -0.05) is 103 Å². The number of hydrogen-bond donors (Lipinski definition) is 0. The SMILES string of the molecule is C[n+]1[c-]n(-c2cccc(C3(c4ccccc4)c4cc(-c5ccccn5)ccc4-n4c5ccccc5c5cccc3c54)c2)cc1. The number of aromatic nitrogens is 4. The van der Waals surface area contributed by atoms with Crippen LogP contribution in [0.3, 0.4) is 0 Å². The Hall–Kier alpha value is -5.74. The van der Waals surface area contributed by atoms with Gasteiger partial charge in [-0.25, -0.2) is 0 Å². The zero-order valence-electron chi connectivity index (χ0n) is 24.2. The molecule has 0 radical (unpaired) electrons. The first kappa shape index (κ1) is 24.8. The van der Waals surface area contributed by atoms with Gasteiger partial charge in [0.25, 0.3) is 0 Å². The van der Waals surface area contributed by atoms with Crippen LogP contribution < -0.4 is 4.57 Å². The summed E-state index contributed by atoms with van der Waals surface area (Å²) in [7, 11) is 2.00. The molecular weight excluding hydrogens is 536 g/mol. The van der Waals surface area contributed by atoms with Gasteiger partial charge in [-0.3, -0.25) is 4.98 Å². The molecule has 44 heavy (non-hydrogen) atoms. The van der Waals surface area contributed by atoms with Gasteiger partial charge in [0, 0.05) is 34.9 Å². The number of benzene rings is 5. The van der Waals surface area contributed by atoms with Crippen molar-refractivity contribution < 1.29 is 4.57 Å². The van der Waals surface area contributed by atoms with E-state index in [-0.39, 0.29) is 0 Å². The molecule has 0 amide bonds. The quantitative estimate of drug-likeness (QED) is 0.157. The van der Waals surface area contributed by atoms with Crippen LogP contribution in [-0.4, -0.2) is 14.1 Å².